The summed E-state index contributed by atoms with van der Waals surface area (Å²) >= 11 is 13.5. The molecule has 0 bridgehead atoms. The molecule has 5 nitrogen and oxygen atoms in total. The molecule has 1 N–H and O–H groups in total. The van der Waals surface area contributed by atoms with Gasteiger partial charge in [-0.2, -0.15) is 0 Å². The van der Waals surface area contributed by atoms with Crippen LogP contribution in [0.4, 0.5) is 5.13 Å². The molecule has 2 unspecified atom stereocenters. The normalized spacial score (nSPS) is 20.9. The second-order valence-corrected chi connectivity index (χ2v) is 8.49. The predicted molar refractivity (Wildman–Crippen MR) is 106 cm³/mol. The monoisotopic (exact) mass is 413 g/mol. The highest BCUT2D eigenvalue weighted by Crippen LogP contribution is 2.26. The second kappa shape index (κ2) is 8.67. The number of thiazole rings is 1. The fraction of sp³-hybridized carbons (Fsp3) is 0.444. The minimum absolute atomic E-state index is 0.0539. The molecule has 8 heteroatoms. The van der Waals surface area contributed by atoms with Crippen LogP contribution in [-0.2, 0) is 16.0 Å². The summed E-state index contributed by atoms with van der Waals surface area (Å²) in [5.41, 5.74) is 1.05. The first-order valence-corrected chi connectivity index (χ1v) is 10.0. The fourth-order valence-electron chi connectivity index (χ4n) is 3.07. The summed E-state index contributed by atoms with van der Waals surface area (Å²) in [4.78, 5) is 19.7. The van der Waals surface area contributed by atoms with Gasteiger partial charge in [0.1, 0.15) is 0 Å². The number of carbonyl (C=O) groups is 1. The van der Waals surface area contributed by atoms with Crippen LogP contribution in [0.25, 0.3) is 0 Å². The quantitative estimate of drug-likeness (QED) is 0.801. The second-order valence-electron chi connectivity index (χ2n) is 6.56. The van der Waals surface area contributed by atoms with Crippen LogP contribution in [0, 0.1) is 0 Å². The Morgan fingerprint density at radius 2 is 2.04 bits per heavy atom. The lowest BCUT2D eigenvalue weighted by atomic mass is 10.1. The third-order valence-electron chi connectivity index (χ3n) is 4.02. The van der Waals surface area contributed by atoms with Crippen molar-refractivity contribution in [3.05, 3.63) is 44.9 Å². The van der Waals surface area contributed by atoms with E-state index in [1.807, 2.05) is 26.0 Å². The van der Waals surface area contributed by atoms with Crippen molar-refractivity contribution in [3.8, 4) is 0 Å². The van der Waals surface area contributed by atoms with Crippen LogP contribution in [0.1, 0.15) is 24.3 Å². The van der Waals surface area contributed by atoms with E-state index in [0.717, 1.165) is 23.5 Å². The van der Waals surface area contributed by atoms with Crippen LogP contribution >= 0.6 is 34.5 Å². The van der Waals surface area contributed by atoms with Gasteiger partial charge in [0, 0.05) is 30.6 Å². The molecule has 0 spiro atoms. The van der Waals surface area contributed by atoms with E-state index in [9.17, 15) is 4.79 Å². The molecule has 1 saturated heterocycles. The Hall–Kier alpha value is -1.18. The van der Waals surface area contributed by atoms with Crippen LogP contribution in [0.15, 0.2) is 24.4 Å². The van der Waals surface area contributed by atoms with Gasteiger partial charge in [-0.05, 0) is 31.5 Å². The number of benzene rings is 1. The van der Waals surface area contributed by atoms with E-state index < -0.39 is 0 Å². The molecule has 1 aromatic carbocycles. The summed E-state index contributed by atoms with van der Waals surface area (Å²) < 4.78 is 5.69. The van der Waals surface area contributed by atoms with Crippen molar-refractivity contribution in [2.24, 2.45) is 0 Å². The SMILES string of the molecule is CC1CN(CC(=O)Nc2ncc(Cc3ccc(Cl)c(Cl)c3)s2)CC(C)O1. The lowest BCUT2D eigenvalue weighted by Gasteiger charge is -2.34. The van der Waals surface area contributed by atoms with Gasteiger partial charge in [-0.15, -0.1) is 11.3 Å². The van der Waals surface area contributed by atoms with Gasteiger partial charge in [-0.1, -0.05) is 29.3 Å². The molecule has 2 atom stereocenters. The van der Waals surface area contributed by atoms with Crippen molar-refractivity contribution in [1.29, 1.82) is 0 Å². The Bertz CT molecular complexity index is 774. The average Bonchev–Trinajstić information content (AvgIpc) is 2.96. The molecule has 2 aromatic rings. The number of amides is 1. The summed E-state index contributed by atoms with van der Waals surface area (Å²) in [7, 11) is 0. The fourth-order valence-corrected chi connectivity index (χ4v) is 4.26. The number of hydrogen-bond acceptors (Lipinski definition) is 5. The standard InChI is InChI=1S/C18H21Cl2N3O2S/c1-11-8-23(9-12(2)25-11)10-17(24)22-18-21-7-14(26-18)5-13-3-4-15(19)16(20)6-13/h3-4,6-7,11-12H,5,8-10H2,1-2H3,(H,21,22,24). The Balaban J connectivity index is 1.54. The topological polar surface area (TPSA) is 54.5 Å². The summed E-state index contributed by atoms with van der Waals surface area (Å²) in [6, 6.07) is 5.57. The molecular formula is C18H21Cl2N3O2S. The molecule has 1 amide bonds. The van der Waals surface area contributed by atoms with E-state index >= 15 is 0 Å². The number of hydrogen-bond donors (Lipinski definition) is 1. The third-order valence-corrected chi connectivity index (χ3v) is 5.68. The summed E-state index contributed by atoms with van der Waals surface area (Å²) in [6.07, 6.45) is 2.76. The van der Waals surface area contributed by atoms with Crippen molar-refractivity contribution in [2.75, 3.05) is 25.0 Å². The first-order chi connectivity index (χ1) is 12.4. The zero-order valence-corrected chi connectivity index (χ0v) is 17.0. The van der Waals surface area contributed by atoms with Gasteiger partial charge in [0.25, 0.3) is 0 Å². The van der Waals surface area contributed by atoms with Crippen molar-refractivity contribution in [1.82, 2.24) is 9.88 Å². The van der Waals surface area contributed by atoms with E-state index in [4.69, 9.17) is 27.9 Å². The average molecular weight is 414 g/mol. The van der Waals surface area contributed by atoms with Gasteiger partial charge in [-0.3, -0.25) is 9.69 Å². The van der Waals surface area contributed by atoms with E-state index in [1.165, 1.54) is 11.3 Å². The minimum Gasteiger partial charge on any atom is -0.373 e. The molecule has 0 saturated carbocycles. The molecule has 1 aromatic heterocycles. The van der Waals surface area contributed by atoms with Crippen molar-refractivity contribution in [3.63, 3.8) is 0 Å². The van der Waals surface area contributed by atoms with Gasteiger partial charge in [0.15, 0.2) is 5.13 Å². The van der Waals surface area contributed by atoms with Crippen molar-refractivity contribution >= 4 is 45.6 Å². The van der Waals surface area contributed by atoms with Crippen LogP contribution < -0.4 is 5.32 Å². The maximum atomic E-state index is 12.3. The summed E-state index contributed by atoms with van der Waals surface area (Å²) in [6.45, 7) is 5.92. The smallest absolute Gasteiger partial charge is 0.240 e. The number of carbonyl (C=O) groups excluding carboxylic acids is 1. The number of rotatable bonds is 5. The van der Waals surface area contributed by atoms with E-state index in [-0.39, 0.29) is 18.1 Å². The molecule has 1 aliphatic heterocycles. The Morgan fingerprint density at radius 3 is 2.73 bits per heavy atom. The summed E-state index contributed by atoms with van der Waals surface area (Å²) in [5.74, 6) is -0.0539. The van der Waals surface area contributed by atoms with Crippen molar-refractivity contribution < 1.29 is 9.53 Å². The molecule has 140 valence electrons. The molecule has 1 aliphatic rings. The minimum atomic E-state index is -0.0539. The molecule has 26 heavy (non-hydrogen) atoms. The summed E-state index contributed by atoms with van der Waals surface area (Å²) in [5, 5.41) is 4.57. The number of aromatic nitrogens is 1. The lowest BCUT2D eigenvalue weighted by molar-refractivity contribution is -0.121. The first kappa shape index (κ1) is 19.6. The Labute approximate surface area is 167 Å². The molecule has 1 fully saturated rings. The molecule has 0 radical (unpaired) electrons. The van der Waals surface area contributed by atoms with Crippen LogP contribution in [0.2, 0.25) is 10.0 Å². The molecular weight excluding hydrogens is 393 g/mol. The van der Waals surface area contributed by atoms with Gasteiger partial charge in [0.2, 0.25) is 5.91 Å². The van der Waals surface area contributed by atoms with Crippen LogP contribution in [0.3, 0.4) is 0 Å². The highest BCUT2D eigenvalue weighted by atomic mass is 35.5. The van der Waals surface area contributed by atoms with Crippen LogP contribution in [-0.4, -0.2) is 47.6 Å². The zero-order chi connectivity index (χ0) is 18.7. The van der Waals surface area contributed by atoms with E-state index in [1.54, 1.807) is 12.3 Å². The number of nitrogens with zero attached hydrogens (tertiary/aromatic N) is 2. The number of halogens is 2. The largest absolute Gasteiger partial charge is 0.373 e. The third kappa shape index (κ3) is 5.41. The van der Waals surface area contributed by atoms with Crippen molar-refractivity contribution in [2.45, 2.75) is 32.5 Å². The molecule has 2 heterocycles. The van der Waals surface area contributed by atoms with Gasteiger partial charge < -0.3 is 10.1 Å². The number of nitrogens with one attached hydrogen (secondary N) is 1. The van der Waals surface area contributed by atoms with E-state index in [2.05, 4.69) is 15.2 Å². The number of ether oxygens (including phenoxy) is 1. The number of morpholine rings is 1. The van der Waals surface area contributed by atoms with Gasteiger partial charge in [-0.25, -0.2) is 4.98 Å². The number of anilines is 1. The Kier molecular flexibility index (Phi) is 6.53. The maximum absolute atomic E-state index is 12.3. The molecule has 0 aliphatic carbocycles. The predicted octanol–water partition coefficient (Wildman–Crippen LogP) is 4.09. The highest BCUT2D eigenvalue weighted by molar-refractivity contribution is 7.15. The maximum Gasteiger partial charge on any atom is 0.240 e. The zero-order valence-electron chi connectivity index (χ0n) is 14.7. The van der Waals surface area contributed by atoms with Gasteiger partial charge >= 0.3 is 0 Å². The Morgan fingerprint density at radius 1 is 1.31 bits per heavy atom. The first-order valence-electron chi connectivity index (χ1n) is 8.45. The lowest BCUT2D eigenvalue weighted by Crippen LogP contribution is -2.48. The van der Waals surface area contributed by atoms with Gasteiger partial charge in [0.05, 0.1) is 28.8 Å². The highest BCUT2D eigenvalue weighted by Gasteiger charge is 2.23. The van der Waals surface area contributed by atoms with Crippen LogP contribution in [0.5, 0.6) is 0 Å². The molecule has 3 rings (SSSR count). The van der Waals surface area contributed by atoms with E-state index in [0.29, 0.717) is 28.1 Å².